The normalized spacial score (nSPS) is 14.3. The van der Waals surface area contributed by atoms with Crippen LogP contribution in [0.2, 0.25) is 0 Å². The van der Waals surface area contributed by atoms with Gasteiger partial charge in [0.15, 0.2) is 5.75 Å². The fraction of sp³-hybridized carbons (Fsp3) is 0.154. The molecule has 1 aliphatic rings. The zero-order valence-electron chi connectivity index (χ0n) is 19.1. The van der Waals surface area contributed by atoms with Gasteiger partial charge in [-0.3, -0.25) is 19.7 Å². The largest absolute Gasteiger partial charge is 0.421 e. The van der Waals surface area contributed by atoms with E-state index in [1.54, 1.807) is 62.5 Å². The Bertz CT molecular complexity index is 1240. The molecule has 3 amide bonds. The average Bonchev–Trinajstić information content (AvgIpc) is 2.77. The fourth-order valence-corrected chi connectivity index (χ4v) is 3.32. The number of carbonyl (C=O) groups is 4. The van der Waals surface area contributed by atoms with E-state index in [9.17, 15) is 19.2 Å². The molecule has 0 spiro atoms. The number of fused-ring (bicyclic) bond motifs is 1. The van der Waals surface area contributed by atoms with Gasteiger partial charge in [0.2, 0.25) is 5.91 Å². The Kier molecular flexibility index (Phi) is 7.76. The van der Waals surface area contributed by atoms with Crippen LogP contribution < -0.4 is 20.7 Å². The third kappa shape index (κ3) is 5.86. The van der Waals surface area contributed by atoms with Gasteiger partial charge in [-0.2, -0.15) is 0 Å². The molecule has 0 unspecified atom stereocenters. The van der Waals surface area contributed by atoms with Crippen LogP contribution in [0.4, 0.5) is 5.69 Å². The van der Waals surface area contributed by atoms with Crippen molar-refractivity contribution in [1.29, 1.82) is 0 Å². The molecule has 8 heteroatoms. The van der Waals surface area contributed by atoms with Crippen LogP contribution in [0.15, 0.2) is 66.9 Å². The summed E-state index contributed by atoms with van der Waals surface area (Å²) in [6, 6.07) is 10.3. The molecule has 34 heavy (non-hydrogen) atoms. The zero-order valence-corrected chi connectivity index (χ0v) is 19.1. The van der Waals surface area contributed by atoms with Crippen molar-refractivity contribution in [2.45, 2.75) is 27.3 Å². The Hall–Kier alpha value is -4.46. The maximum absolute atomic E-state index is 12.4. The van der Waals surface area contributed by atoms with Crippen LogP contribution in [0, 0.1) is 6.92 Å². The van der Waals surface area contributed by atoms with Crippen molar-refractivity contribution in [2.24, 2.45) is 0 Å². The molecule has 174 valence electrons. The van der Waals surface area contributed by atoms with Gasteiger partial charge < -0.3 is 15.4 Å². The second-order valence-electron chi connectivity index (χ2n) is 7.51. The quantitative estimate of drug-likeness (QED) is 0.253. The van der Waals surface area contributed by atoms with E-state index in [1.807, 2.05) is 13.0 Å². The van der Waals surface area contributed by atoms with Gasteiger partial charge in [0.1, 0.15) is 0 Å². The summed E-state index contributed by atoms with van der Waals surface area (Å²) in [4.78, 5) is 48.5. The first kappa shape index (κ1) is 24.2. The fourth-order valence-electron chi connectivity index (χ4n) is 3.32. The summed E-state index contributed by atoms with van der Waals surface area (Å²) < 4.78 is 5.38. The lowest BCUT2D eigenvalue weighted by atomic mass is 9.94. The Morgan fingerprint density at radius 3 is 2.47 bits per heavy atom. The van der Waals surface area contributed by atoms with Crippen LogP contribution in [0.3, 0.4) is 0 Å². The van der Waals surface area contributed by atoms with Crippen molar-refractivity contribution < 1.29 is 23.9 Å². The Morgan fingerprint density at radius 1 is 0.971 bits per heavy atom. The summed E-state index contributed by atoms with van der Waals surface area (Å²) in [5.74, 6) is -1.66. The Labute approximate surface area is 197 Å². The van der Waals surface area contributed by atoms with E-state index in [0.717, 1.165) is 11.1 Å². The van der Waals surface area contributed by atoms with Crippen molar-refractivity contribution in [2.75, 3.05) is 5.32 Å². The minimum absolute atomic E-state index is 0.190. The molecule has 0 aliphatic carbocycles. The lowest BCUT2D eigenvalue weighted by molar-refractivity contribution is -0.129. The predicted octanol–water partition coefficient (Wildman–Crippen LogP) is 3.39. The van der Waals surface area contributed by atoms with Crippen molar-refractivity contribution >= 4 is 35.0 Å². The number of allylic oxidation sites excluding steroid dienone is 2. The van der Waals surface area contributed by atoms with Gasteiger partial charge in [0.05, 0.1) is 11.3 Å². The van der Waals surface area contributed by atoms with E-state index in [2.05, 4.69) is 16.0 Å². The highest BCUT2D eigenvalue weighted by molar-refractivity contribution is 6.31. The highest BCUT2D eigenvalue weighted by Crippen LogP contribution is 2.27. The summed E-state index contributed by atoms with van der Waals surface area (Å²) in [6.07, 6.45) is 7.33. The average molecular weight is 460 g/mol. The van der Waals surface area contributed by atoms with Crippen molar-refractivity contribution in [3.8, 4) is 5.75 Å². The molecule has 3 N–H and O–H groups in total. The van der Waals surface area contributed by atoms with E-state index in [-0.39, 0.29) is 11.7 Å². The molecule has 0 atom stereocenters. The number of rotatable bonds is 7. The molecule has 1 heterocycles. The van der Waals surface area contributed by atoms with Crippen molar-refractivity contribution in [3.63, 3.8) is 0 Å². The number of nitrogens with one attached hydrogen (secondary N) is 3. The van der Waals surface area contributed by atoms with Crippen molar-refractivity contribution in [1.82, 2.24) is 10.6 Å². The van der Waals surface area contributed by atoms with Gasteiger partial charge in [-0.25, -0.2) is 4.79 Å². The van der Waals surface area contributed by atoms with Gasteiger partial charge in [-0.05, 0) is 50.6 Å². The second kappa shape index (κ2) is 10.9. The summed E-state index contributed by atoms with van der Waals surface area (Å²) >= 11 is 0. The smallest absolute Gasteiger partial charge is 0.335 e. The molecule has 0 aromatic heterocycles. The van der Waals surface area contributed by atoms with Crippen LogP contribution in [-0.2, 0) is 20.9 Å². The molecule has 3 rings (SSSR count). The highest BCUT2D eigenvalue weighted by atomic mass is 16.5. The summed E-state index contributed by atoms with van der Waals surface area (Å²) in [5.41, 5.74) is 3.34. The van der Waals surface area contributed by atoms with Crippen LogP contribution >= 0.6 is 0 Å². The predicted molar refractivity (Wildman–Crippen MR) is 129 cm³/mol. The molecule has 0 saturated heterocycles. The highest BCUT2D eigenvalue weighted by Gasteiger charge is 2.27. The molecular weight excluding hydrogens is 434 g/mol. The number of imide groups is 1. The van der Waals surface area contributed by atoms with Gasteiger partial charge in [0.25, 0.3) is 11.8 Å². The molecule has 0 saturated carbocycles. The molecule has 2 aromatic carbocycles. The lowest BCUT2D eigenvalue weighted by Gasteiger charge is -2.19. The lowest BCUT2D eigenvalue weighted by Crippen LogP contribution is -2.37. The number of hydrogen-bond donors (Lipinski definition) is 3. The van der Waals surface area contributed by atoms with E-state index in [0.29, 0.717) is 28.9 Å². The monoisotopic (exact) mass is 459 g/mol. The minimum atomic E-state index is -0.577. The molecular formula is C26H25N3O5. The Balaban J connectivity index is 1.83. The Morgan fingerprint density at radius 2 is 1.74 bits per heavy atom. The number of benzene rings is 2. The number of esters is 1. The molecule has 2 aromatic rings. The first-order chi connectivity index (χ1) is 16.3. The first-order valence-corrected chi connectivity index (χ1v) is 10.6. The van der Waals surface area contributed by atoms with Crippen molar-refractivity contribution in [3.05, 3.63) is 89.2 Å². The number of carbonyl (C=O) groups excluding carboxylic acids is 4. The molecule has 8 nitrogen and oxygen atoms in total. The maximum Gasteiger partial charge on any atom is 0.335 e. The van der Waals surface area contributed by atoms with Crippen LogP contribution in [0.25, 0.3) is 5.57 Å². The third-order valence-electron chi connectivity index (χ3n) is 4.87. The third-order valence-corrected chi connectivity index (χ3v) is 4.87. The number of ether oxygens (including phenoxy) is 1. The standard InChI is InChI=1S/C26H25N3O5/c1-4-6-23(30)28-21-11-9-17(13-22(21)34-24(31)7-5-2)14-27-15-20-19-12-16(3)8-10-18(19)25(32)29-26(20)33/h4-13,15,27H,14H2,1-3H3,(H,28,30)(H,29,32,33)/b6-4+,7-5+,20-15-. The van der Waals surface area contributed by atoms with E-state index < -0.39 is 17.8 Å². The van der Waals surface area contributed by atoms with E-state index >= 15 is 0 Å². The molecule has 0 fully saturated rings. The minimum Gasteiger partial charge on any atom is -0.421 e. The van der Waals surface area contributed by atoms with Crippen LogP contribution in [-0.4, -0.2) is 23.7 Å². The summed E-state index contributed by atoms with van der Waals surface area (Å²) in [7, 11) is 0. The maximum atomic E-state index is 12.4. The first-order valence-electron chi connectivity index (χ1n) is 10.6. The van der Waals surface area contributed by atoms with Crippen LogP contribution in [0.5, 0.6) is 5.75 Å². The number of amides is 3. The zero-order chi connectivity index (χ0) is 24.7. The number of anilines is 1. The van der Waals surface area contributed by atoms with Gasteiger partial charge in [-0.1, -0.05) is 35.9 Å². The van der Waals surface area contributed by atoms with Gasteiger partial charge in [-0.15, -0.1) is 0 Å². The molecule has 0 radical (unpaired) electrons. The summed E-state index contributed by atoms with van der Waals surface area (Å²) in [5, 5.41) is 8.09. The SMILES string of the molecule is C/C=C/C(=O)Nc1ccc(CN/C=C2\C(=O)NC(=O)c3ccc(C)cc32)cc1OC(=O)/C=C/C. The second-order valence-corrected chi connectivity index (χ2v) is 7.51. The van der Waals surface area contributed by atoms with Gasteiger partial charge in [0, 0.05) is 29.9 Å². The van der Waals surface area contributed by atoms with E-state index in [1.165, 1.54) is 12.2 Å². The van der Waals surface area contributed by atoms with E-state index in [4.69, 9.17) is 4.74 Å². The van der Waals surface area contributed by atoms with Gasteiger partial charge >= 0.3 is 5.97 Å². The topological polar surface area (TPSA) is 114 Å². The number of hydrogen-bond acceptors (Lipinski definition) is 6. The van der Waals surface area contributed by atoms with Crippen LogP contribution in [0.1, 0.15) is 40.9 Å². The summed E-state index contributed by atoms with van der Waals surface area (Å²) in [6.45, 7) is 5.59. The molecule has 0 bridgehead atoms. The molecule has 1 aliphatic heterocycles. The number of aryl methyl sites for hydroxylation is 1.